The molecule has 1 atom stereocenters. The topological polar surface area (TPSA) is 40.6 Å². The fraction of sp³-hybridized carbons (Fsp3) is 0.667. The van der Waals surface area contributed by atoms with Gasteiger partial charge in [-0.05, 0) is 40.7 Å². The van der Waals surface area contributed by atoms with Crippen molar-refractivity contribution in [1.29, 1.82) is 0 Å². The number of nitrogens with zero attached hydrogens (tertiary/aromatic N) is 1. The quantitative estimate of drug-likeness (QED) is 0.606. The maximum atomic E-state index is 14.2. The van der Waals surface area contributed by atoms with Crippen LogP contribution in [-0.4, -0.2) is 42.0 Å². The zero-order valence-electron chi connectivity index (χ0n) is 14.2. The summed E-state index contributed by atoms with van der Waals surface area (Å²) >= 11 is 0. The average molecular weight is 349 g/mol. The summed E-state index contributed by atoms with van der Waals surface area (Å²) in [7, 11) is -0.853. The molecule has 1 aliphatic rings. The number of hydrogen-bond donors (Lipinski definition) is 0. The van der Waals surface area contributed by atoms with Gasteiger partial charge in [0.05, 0.1) is 11.2 Å². The van der Waals surface area contributed by atoms with Gasteiger partial charge >= 0.3 is 7.12 Å². The third-order valence-corrected chi connectivity index (χ3v) is 4.41. The Morgan fingerprint density at radius 1 is 1.25 bits per heavy atom. The molecule has 0 saturated carbocycles. The molecule has 1 saturated heterocycles. The molecule has 0 bridgehead atoms. The number of aromatic nitrogens is 1. The largest absolute Gasteiger partial charge is 0.496 e. The fourth-order valence-corrected chi connectivity index (χ4v) is 1.97. The van der Waals surface area contributed by atoms with Gasteiger partial charge in [-0.3, -0.25) is 0 Å². The number of ether oxygens (including phenoxy) is 1. The Labute approximate surface area is 138 Å². The highest BCUT2D eigenvalue weighted by molar-refractivity contribution is 6.62. The van der Waals surface area contributed by atoms with E-state index in [9.17, 15) is 17.6 Å². The van der Waals surface area contributed by atoms with Crippen LogP contribution in [0.2, 0.25) is 0 Å². The zero-order chi connectivity index (χ0) is 18.3. The lowest BCUT2D eigenvalue weighted by atomic mass is 9.80. The van der Waals surface area contributed by atoms with E-state index in [1.807, 2.05) is 27.7 Å². The minimum atomic E-state index is -3.13. The highest BCUT2D eigenvalue weighted by Crippen LogP contribution is 2.36. The zero-order valence-corrected chi connectivity index (χ0v) is 14.2. The van der Waals surface area contributed by atoms with Crippen LogP contribution in [0.1, 0.15) is 34.6 Å². The summed E-state index contributed by atoms with van der Waals surface area (Å²) in [4.78, 5) is 3.68. The molecule has 2 rings (SSSR count). The van der Waals surface area contributed by atoms with Crippen molar-refractivity contribution in [3.63, 3.8) is 0 Å². The standard InChI is InChI=1S/C15H20BF4NO3/c1-13(2)14(3,4)24-16(23-13)9-6-10(18)11(21-7-9)22-15(5,8-17)12(19)20/h6-7,12H,8H2,1-5H3. The van der Waals surface area contributed by atoms with E-state index in [0.717, 1.165) is 13.0 Å². The monoisotopic (exact) mass is 349 g/mol. The summed E-state index contributed by atoms with van der Waals surface area (Å²) in [6.45, 7) is 6.71. The first-order valence-electron chi connectivity index (χ1n) is 7.46. The lowest BCUT2D eigenvalue weighted by Crippen LogP contribution is -2.43. The van der Waals surface area contributed by atoms with Crippen LogP contribution >= 0.6 is 0 Å². The Balaban J connectivity index is 2.22. The van der Waals surface area contributed by atoms with E-state index in [4.69, 9.17) is 14.0 Å². The third kappa shape index (κ3) is 3.37. The minimum absolute atomic E-state index is 0.275. The maximum absolute atomic E-state index is 14.2. The second-order valence-corrected chi connectivity index (χ2v) is 6.99. The first kappa shape index (κ1) is 19.0. The SMILES string of the molecule is CC(CF)(Oc1ncc(B2OC(C)(C)C(C)(C)O2)cc1F)C(F)F. The lowest BCUT2D eigenvalue weighted by molar-refractivity contribution is -0.0803. The molecule has 1 aromatic heterocycles. The number of rotatable bonds is 5. The molecule has 4 nitrogen and oxygen atoms in total. The fourth-order valence-electron chi connectivity index (χ4n) is 1.97. The molecule has 1 unspecified atom stereocenters. The van der Waals surface area contributed by atoms with Gasteiger partial charge < -0.3 is 14.0 Å². The van der Waals surface area contributed by atoms with Crippen molar-refractivity contribution in [3.05, 3.63) is 18.1 Å². The summed E-state index contributed by atoms with van der Waals surface area (Å²) in [5.41, 5.74) is -3.42. The molecule has 1 fully saturated rings. The van der Waals surface area contributed by atoms with Gasteiger partial charge in [0, 0.05) is 11.7 Å². The molecule has 9 heteroatoms. The molecular formula is C15H20BF4NO3. The van der Waals surface area contributed by atoms with Crippen LogP contribution in [0, 0.1) is 5.82 Å². The van der Waals surface area contributed by atoms with Gasteiger partial charge in [-0.2, -0.15) is 0 Å². The van der Waals surface area contributed by atoms with E-state index in [1.165, 1.54) is 6.20 Å². The predicted octanol–water partition coefficient (Wildman–Crippen LogP) is 2.89. The molecule has 2 heterocycles. The molecule has 134 valence electrons. The molecule has 1 aliphatic heterocycles. The second kappa shape index (κ2) is 6.18. The Kier molecular flexibility index (Phi) is 4.89. The van der Waals surface area contributed by atoms with Crippen molar-refractivity contribution in [2.75, 3.05) is 6.67 Å². The van der Waals surface area contributed by atoms with Crippen LogP contribution in [0.4, 0.5) is 17.6 Å². The molecule has 24 heavy (non-hydrogen) atoms. The molecule has 0 aromatic carbocycles. The summed E-state index contributed by atoms with van der Waals surface area (Å²) in [5.74, 6) is -1.70. The molecule has 0 N–H and O–H groups in total. The summed E-state index contributed by atoms with van der Waals surface area (Å²) in [6, 6.07) is 1.02. The van der Waals surface area contributed by atoms with Crippen molar-refractivity contribution in [2.45, 2.75) is 57.8 Å². The number of alkyl halides is 3. The first-order valence-corrected chi connectivity index (χ1v) is 7.46. The van der Waals surface area contributed by atoms with Crippen LogP contribution in [0.25, 0.3) is 0 Å². The normalized spacial score (nSPS) is 21.8. The van der Waals surface area contributed by atoms with Crippen molar-refractivity contribution in [2.24, 2.45) is 0 Å². The Morgan fingerprint density at radius 2 is 1.79 bits per heavy atom. The van der Waals surface area contributed by atoms with Gasteiger partial charge in [0.15, 0.2) is 11.4 Å². The van der Waals surface area contributed by atoms with E-state index < -0.39 is 48.7 Å². The van der Waals surface area contributed by atoms with Crippen molar-refractivity contribution >= 4 is 12.6 Å². The summed E-state index contributed by atoms with van der Waals surface area (Å²) < 4.78 is 68.9. The van der Waals surface area contributed by atoms with E-state index in [0.29, 0.717) is 0 Å². The minimum Gasteiger partial charge on any atom is -0.460 e. The Bertz CT molecular complexity index is 598. The van der Waals surface area contributed by atoms with E-state index in [2.05, 4.69) is 4.98 Å². The third-order valence-electron chi connectivity index (χ3n) is 4.41. The van der Waals surface area contributed by atoms with Gasteiger partial charge in [-0.25, -0.2) is 22.5 Å². The van der Waals surface area contributed by atoms with Crippen LogP contribution in [0.15, 0.2) is 12.3 Å². The highest BCUT2D eigenvalue weighted by atomic mass is 19.3. The lowest BCUT2D eigenvalue weighted by Gasteiger charge is -2.32. The van der Waals surface area contributed by atoms with Crippen LogP contribution in [0.3, 0.4) is 0 Å². The molecule has 0 amide bonds. The van der Waals surface area contributed by atoms with Crippen LogP contribution in [0.5, 0.6) is 5.88 Å². The maximum Gasteiger partial charge on any atom is 0.496 e. The molecule has 0 radical (unpaired) electrons. The molecule has 1 aromatic rings. The van der Waals surface area contributed by atoms with E-state index in [1.54, 1.807) is 0 Å². The molecular weight excluding hydrogens is 329 g/mol. The van der Waals surface area contributed by atoms with Gasteiger partial charge in [0.1, 0.15) is 6.67 Å². The Morgan fingerprint density at radius 3 is 2.21 bits per heavy atom. The van der Waals surface area contributed by atoms with Crippen molar-refractivity contribution in [3.8, 4) is 5.88 Å². The Hall–Kier alpha value is -1.35. The van der Waals surface area contributed by atoms with Crippen LogP contribution in [-0.2, 0) is 9.31 Å². The predicted molar refractivity (Wildman–Crippen MR) is 80.9 cm³/mol. The van der Waals surface area contributed by atoms with Gasteiger partial charge in [-0.15, -0.1) is 0 Å². The van der Waals surface area contributed by atoms with Crippen molar-refractivity contribution < 1.29 is 31.6 Å². The van der Waals surface area contributed by atoms with E-state index in [-0.39, 0.29) is 5.46 Å². The smallest absolute Gasteiger partial charge is 0.460 e. The number of halogens is 4. The second-order valence-electron chi connectivity index (χ2n) is 6.99. The van der Waals surface area contributed by atoms with Gasteiger partial charge in [0.25, 0.3) is 12.3 Å². The van der Waals surface area contributed by atoms with Gasteiger partial charge in [0.2, 0.25) is 0 Å². The van der Waals surface area contributed by atoms with Crippen LogP contribution < -0.4 is 10.2 Å². The number of pyridine rings is 1. The first-order chi connectivity index (χ1) is 10.9. The molecule has 0 spiro atoms. The van der Waals surface area contributed by atoms with Gasteiger partial charge in [-0.1, -0.05) is 0 Å². The van der Waals surface area contributed by atoms with E-state index >= 15 is 0 Å². The highest BCUT2D eigenvalue weighted by Gasteiger charge is 2.52. The molecule has 0 aliphatic carbocycles. The summed E-state index contributed by atoms with van der Waals surface area (Å²) in [6.07, 6.45) is -1.93. The average Bonchev–Trinajstić information content (AvgIpc) is 2.69. The summed E-state index contributed by atoms with van der Waals surface area (Å²) in [5, 5.41) is 0. The number of hydrogen-bond acceptors (Lipinski definition) is 4. The van der Waals surface area contributed by atoms with Crippen molar-refractivity contribution in [1.82, 2.24) is 4.98 Å².